The second-order valence-corrected chi connectivity index (χ2v) is 5.81. The number of halogens is 1. The second-order valence-electron chi connectivity index (χ2n) is 5.38. The molecule has 26 heavy (non-hydrogen) atoms. The number of nitro groups is 1. The molecular weight excluding hydrogens is 356 g/mol. The smallest absolute Gasteiger partial charge is 0.270 e. The quantitative estimate of drug-likeness (QED) is 0.475. The van der Waals surface area contributed by atoms with E-state index in [0.717, 1.165) is 0 Å². The Hall–Kier alpha value is -3.37. The third-order valence-corrected chi connectivity index (χ3v) is 3.73. The lowest BCUT2D eigenvalue weighted by Gasteiger charge is -2.21. The van der Waals surface area contributed by atoms with Crippen LogP contribution in [0.2, 0.25) is 5.02 Å². The van der Waals surface area contributed by atoms with Crippen LogP contribution in [0.15, 0.2) is 54.6 Å². The molecule has 0 aliphatic heterocycles. The maximum atomic E-state index is 12.2. The van der Waals surface area contributed by atoms with Gasteiger partial charge in [-0.05, 0) is 24.3 Å². The number of nitrogens with zero attached hydrogens (tertiary/aromatic N) is 3. The average Bonchev–Trinajstić information content (AvgIpc) is 2.61. The average molecular weight is 371 g/mol. The van der Waals surface area contributed by atoms with E-state index in [1.165, 1.54) is 24.3 Å². The number of nitriles is 1. The summed E-state index contributed by atoms with van der Waals surface area (Å²) in [6, 6.07) is 14.5. The highest BCUT2D eigenvalue weighted by molar-refractivity contribution is 6.30. The summed E-state index contributed by atoms with van der Waals surface area (Å²) in [6.07, 6.45) is 1.24. The standard InChI is InChI=1S/C18H15ClN4O3/c1-22(12-18(24)21-15-7-5-14(19)6-8-15)17(9-10-20)13-3-2-4-16(11-13)23(25)26/h2-9,11H,12H2,1H3,(H,21,24)/b17-9+. The SMILES string of the molecule is CN(CC(=O)Nc1ccc(Cl)cc1)/C(=C/C#N)c1cccc([N+](=O)[O-])c1. The first kappa shape index (κ1) is 19.0. The number of amides is 1. The summed E-state index contributed by atoms with van der Waals surface area (Å²) < 4.78 is 0. The summed E-state index contributed by atoms with van der Waals surface area (Å²) >= 11 is 5.80. The number of non-ortho nitro benzene ring substituents is 1. The highest BCUT2D eigenvalue weighted by atomic mass is 35.5. The first-order valence-electron chi connectivity index (χ1n) is 7.52. The van der Waals surface area contributed by atoms with Gasteiger partial charge in [0.15, 0.2) is 0 Å². The zero-order valence-electron chi connectivity index (χ0n) is 13.8. The highest BCUT2D eigenvalue weighted by Gasteiger charge is 2.15. The Morgan fingerprint density at radius 2 is 2.04 bits per heavy atom. The maximum Gasteiger partial charge on any atom is 0.270 e. The normalized spacial score (nSPS) is 10.7. The van der Waals surface area contributed by atoms with E-state index in [4.69, 9.17) is 16.9 Å². The number of anilines is 1. The van der Waals surface area contributed by atoms with Gasteiger partial charge in [0.2, 0.25) is 5.91 Å². The molecule has 0 heterocycles. The van der Waals surface area contributed by atoms with Crippen LogP contribution in [-0.4, -0.2) is 29.3 Å². The molecule has 7 nitrogen and oxygen atoms in total. The van der Waals surface area contributed by atoms with E-state index >= 15 is 0 Å². The van der Waals surface area contributed by atoms with Crippen molar-refractivity contribution in [2.75, 3.05) is 18.9 Å². The Morgan fingerprint density at radius 3 is 2.65 bits per heavy atom. The summed E-state index contributed by atoms with van der Waals surface area (Å²) in [4.78, 5) is 24.2. The molecule has 2 aromatic rings. The Labute approximate surface area is 155 Å². The van der Waals surface area contributed by atoms with Crippen LogP contribution in [0.3, 0.4) is 0 Å². The molecule has 0 aliphatic carbocycles. The minimum absolute atomic E-state index is 0.0428. The first-order valence-corrected chi connectivity index (χ1v) is 7.89. The second kappa shape index (κ2) is 8.65. The van der Waals surface area contributed by atoms with Gasteiger partial charge in [0.05, 0.1) is 23.2 Å². The predicted octanol–water partition coefficient (Wildman–Crippen LogP) is 3.68. The Kier molecular flexibility index (Phi) is 6.31. The summed E-state index contributed by atoms with van der Waals surface area (Å²) in [6.45, 7) is -0.0428. The zero-order chi connectivity index (χ0) is 19.1. The number of likely N-dealkylation sites (N-methyl/N-ethyl adjacent to an activating group) is 1. The number of benzene rings is 2. The summed E-state index contributed by atoms with van der Waals surface area (Å²) in [5.41, 5.74) is 1.38. The number of carbonyl (C=O) groups excluding carboxylic acids is 1. The first-order chi connectivity index (χ1) is 12.4. The topological polar surface area (TPSA) is 99.3 Å². The van der Waals surface area contributed by atoms with E-state index in [9.17, 15) is 14.9 Å². The van der Waals surface area contributed by atoms with Crippen molar-refractivity contribution in [3.8, 4) is 6.07 Å². The number of nitrogens with one attached hydrogen (secondary N) is 1. The molecule has 1 amide bonds. The van der Waals surface area contributed by atoms with Crippen LogP contribution in [-0.2, 0) is 4.79 Å². The van der Waals surface area contributed by atoms with Gasteiger partial charge in [-0.3, -0.25) is 14.9 Å². The van der Waals surface area contributed by atoms with Gasteiger partial charge in [-0.2, -0.15) is 5.26 Å². The van der Waals surface area contributed by atoms with Crippen LogP contribution in [0, 0.1) is 21.4 Å². The highest BCUT2D eigenvalue weighted by Crippen LogP contribution is 2.22. The number of rotatable bonds is 6. The number of allylic oxidation sites excluding steroid dienone is 1. The molecule has 0 spiro atoms. The van der Waals surface area contributed by atoms with Gasteiger partial charge in [-0.15, -0.1) is 0 Å². The fourth-order valence-corrected chi connectivity index (χ4v) is 2.41. The van der Waals surface area contributed by atoms with Crippen molar-refractivity contribution < 1.29 is 9.72 Å². The fourth-order valence-electron chi connectivity index (χ4n) is 2.29. The fraction of sp³-hybridized carbons (Fsp3) is 0.111. The molecule has 0 saturated heterocycles. The van der Waals surface area contributed by atoms with Crippen molar-refractivity contribution in [3.05, 3.63) is 75.3 Å². The van der Waals surface area contributed by atoms with E-state index < -0.39 is 4.92 Å². The largest absolute Gasteiger partial charge is 0.364 e. The lowest BCUT2D eigenvalue weighted by Crippen LogP contribution is -2.29. The zero-order valence-corrected chi connectivity index (χ0v) is 14.6. The van der Waals surface area contributed by atoms with E-state index in [-0.39, 0.29) is 18.1 Å². The van der Waals surface area contributed by atoms with Crippen molar-refractivity contribution in [1.82, 2.24) is 4.90 Å². The molecule has 132 valence electrons. The molecular formula is C18H15ClN4O3. The maximum absolute atomic E-state index is 12.2. The van der Waals surface area contributed by atoms with Crippen LogP contribution >= 0.6 is 11.6 Å². The van der Waals surface area contributed by atoms with Gasteiger partial charge in [0.1, 0.15) is 0 Å². The van der Waals surface area contributed by atoms with Crippen LogP contribution in [0.25, 0.3) is 5.70 Å². The van der Waals surface area contributed by atoms with Crippen LogP contribution in [0.1, 0.15) is 5.56 Å². The van der Waals surface area contributed by atoms with Crippen molar-refractivity contribution in [1.29, 1.82) is 5.26 Å². The Bertz CT molecular complexity index is 888. The van der Waals surface area contributed by atoms with E-state index in [0.29, 0.717) is 22.0 Å². The minimum Gasteiger partial charge on any atom is -0.364 e. The van der Waals surface area contributed by atoms with Gasteiger partial charge in [-0.1, -0.05) is 23.7 Å². The van der Waals surface area contributed by atoms with Crippen molar-refractivity contribution >= 4 is 34.6 Å². The summed E-state index contributed by atoms with van der Waals surface area (Å²) in [5.74, 6) is -0.302. The summed E-state index contributed by atoms with van der Waals surface area (Å²) in [5, 5.41) is 23.2. The van der Waals surface area contributed by atoms with Gasteiger partial charge in [0, 0.05) is 41.5 Å². The Balaban J connectivity index is 2.14. The third-order valence-electron chi connectivity index (χ3n) is 3.47. The van der Waals surface area contributed by atoms with Crippen molar-refractivity contribution in [3.63, 3.8) is 0 Å². The molecule has 8 heteroatoms. The van der Waals surface area contributed by atoms with Crippen molar-refractivity contribution in [2.24, 2.45) is 0 Å². The molecule has 0 saturated carbocycles. The molecule has 0 unspecified atom stereocenters. The minimum atomic E-state index is -0.513. The van der Waals surface area contributed by atoms with Crippen LogP contribution < -0.4 is 5.32 Å². The molecule has 1 N–H and O–H groups in total. The monoisotopic (exact) mass is 370 g/mol. The molecule has 0 aliphatic rings. The number of hydrogen-bond donors (Lipinski definition) is 1. The molecule has 0 atom stereocenters. The lowest BCUT2D eigenvalue weighted by atomic mass is 10.1. The number of carbonyl (C=O) groups is 1. The molecule has 2 rings (SSSR count). The molecule has 2 aromatic carbocycles. The molecule has 0 fully saturated rings. The van der Waals surface area contributed by atoms with Gasteiger partial charge < -0.3 is 10.2 Å². The van der Waals surface area contributed by atoms with Crippen LogP contribution in [0.4, 0.5) is 11.4 Å². The van der Waals surface area contributed by atoms with E-state index in [2.05, 4.69) is 5.32 Å². The third kappa shape index (κ3) is 5.06. The van der Waals surface area contributed by atoms with Gasteiger partial charge in [0.25, 0.3) is 5.69 Å². The number of nitro benzene ring substituents is 1. The molecule has 0 bridgehead atoms. The van der Waals surface area contributed by atoms with Gasteiger partial charge >= 0.3 is 0 Å². The van der Waals surface area contributed by atoms with Gasteiger partial charge in [-0.25, -0.2) is 0 Å². The van der Waals surface area contributed by atoms with E-state index in [1.807, 2.05) is 6.07 Å². The van der Waals surface area contributed by atoms with E-state index in [1.54, 1.807) is 42.3 Å². The lowest BCUT2D eigenvalue weighted by molar-refractivity contribution is -0.384. The molecule has 0 radical (unpaired) electrons. The molecule has 0 aromatic heterocycles. The number of hydrogen-bond acceptors (Lipinski definition) is 5. The van der Waals surface area contributed by atoms with Crippen LogP contribution in [0.5, 0.6) is 0 Å². The Morgan fingerprint density at radius 1 is 1.35 bits per heavy atom. The predicted molar refractivity (Wildman–Crippen MR) is 99.4 cm³/mol. The summed E-state index contributed by atoms with van der Waals surface area (Å²) in [7, 11) is 1.63. The van der Waals surface area contributed by atoms with Crippen molar-refractivity contribution in [2.45, 2.75) is 0 Å².